The van der Waals surface area contributed by atoms with Crippen molar-refractivity contribution in [3.05, 3.63) is 35.9 Å². The van der Waals surface area contributed by atoms with Gasteiger partial charge in [0.25, 0.3) is 0 Å². The smallest absolute Gasteiger partial charge is 0.320 e. The van der Waals surface area contributed by atoms with Gasteiger partial charge in [0, 0.05) is 25.7 Å². The van der Waals surface area contributed by atoms with Gasteiger partial charge in [-0.3, -0.25) is 0 Å². The molecule has 1 aromatic carbocycles. The van der Waals surface area contributed by atoms with Crippen molar-refractivity contribution in [2.45, 2.75) is 52.1 Å². The first kappa shape index (κ1) is 14.9. The van der Waals surface area contributed by atoms with Crippen LogP contribution < -0.4 is 0 Å². The van der Waals surface area contributed by atoms with Gasteiger partial charge in [0.15, 0.2) is 0 Å². The lowest BCUT2D eigenvalue weighted by Crippen LogP contribution is -2.46. The highest BCUT2D eigenvalue weighted by molar-refractivity contribution is 5.74. The molecule has 1 aliphatic rings. The molecule has 0 spiro atoms. The monoisotopic (exact) mass is 274 g/mol. The molecule has 0 saturated carbocycles. The first-order valence-electron chi connectivity index (χ1n) is 7.78. The first-order valence-corrected chi connectivity index (χ1v) is 7.78. The number of carbonyl (C=O) groups excluding carboxylic acids is 1. The molecule has 1 heterocycles. The van der Waals surface area contributed by atoms with Crippen LogP contribution >= 0.6 is 0 Å². The van der Waals surface area contributed by atoms with Crippen LogP contribution in [0.2, 0.25) is 0 Å². The van der Waals surface area contributed by atoms with Crippen LogP contribution in [0.25, 0.3) is 0 Å². The van der Waals surface area contributed by atoms with E-state index in [0.29, 0.717) is 6.54 Å². The van der Waals surface area contributed by atoms with Crippen molar-refractivity contribution in [3.8, 4) is 0 Å². The Morgan fingerprint density at radius 3 is 2.25 bits per heavy atom. The van der Waals surface area contributed by atoms with Crippen LogP contribution in [0.5, 0.6) is 0 Å². The van der Waals surface area contributed by atoms with Gasteiger partial charge < -0.3 is 9.80 Å². The van der Waals surface area contributed by atoms with E-state index in [9.17, 15) is 4.79 Å². The average molecular weight is 274 g/mol. The quantitative estimate of drug-likeness (QED) is 0.820. The van der Waals surface area contributed by atoms with E-state index in [1.165, 1.54) is 18.4 Å². The van der Waals surface area contributed by atoms with Crippen molar-refractivity contribution in [1.29, 1.82) is 0 Å². The molecule has 3 heteroatoms. The number of benzene rings is 1. The van der Waals surface area contributed by atoms with E-state index in [2.05, 4.69) is 26.0 Å². The van der Waals surface area contributed by atoms with Crippen molar-refractivity contribution < 1.29 is 4.79 Å². The van der Waals surface area contributed by atoms with Crippen molar-refractivity contribution in [2.75, 3.05) is 13.1 Å². The Morgan fingerprint density at radius 2 is 1.70 bits per heavy atom. The summed E-state index contributed by atoms with van der Waals surface area (Å²) in [6.45, 7) is 6.72. The van der Waals surface area contributed by atoms with E-state index >= 15 is 0 Å². The van der Waals surface area contributed by atoms with Crippen LogP contribution in [-0.2, 0) is 6.54 Å². The van der Waals surface area contributed by atoms with Crippen LogP contribution in [0.3, 0.4) is 0 Å². The van der Waals surface area contributed by atoms with Gasteiger partial charge in [-0.05, 0) is 32.3 Å². The van der Waals surface area contributed by atoms with E-state index in [4.69, 9.17) is 0 Å². The average Bonchev–Trinajstić information content (AvgIpc) is 2.74. The first-order chi connectivity index (χ1) is 9.68. The number of urea groups is 1. The Morgan fingerprint density at radius 1 is 1.10 bits per heavy atom. The van der Waals surface area contributed by atoms with Gasteiger partial charge in [0.05, 0.1) is 0 Å². The van der Waals surface area contributed by atoms with Crippen molar-refractivity contribution in [2.24, 2.45) is 0 Å². The number of carbonyl (C=O) groups is 1. The van der Waals surface area contributed by atoms with Gasteiger partial charge in [0.1, 0.15) is 0 Å². The van der Waals surface area contributed by atoms with Crippen molar-refractivity contribution in [1.82, 2.24) is 9.80 Å². The minimum absolute atomic E-state index is 0.200. The summed E-state index contributed by atoms with van der Waals surface area (Å²) in [4.78, 5) is 16.8. The second-order valence-electron chi connectivity index (χ2n) is 5.89. The maximum Gasteiger partial charge on any atom is 0.320 e. The van der Waals surface area contributed by atoms with Gasteiger partial charge >= 0.3 is 6.03 Å². The fraction of sp³-hybridized carbons (Fsp3) is 0.588. The standard InChI is InChI=1S/C17H26N2O/c1-15(2)19(14-16-10-6-5-7-11-16)17(20)18-12-8-3-4-9-13-18/h5-7,10-11,15H,3-4,8-9,12-14H2,1-2H3. The zero-order chi connectivity index (χ0) is 14.4. The highest BCUT2D eigenvalue weighted by atomic mass is 16.2. The minimum Gasteiger partial charge on any atom is -0.325 e. The molecule has 1 aromatic rings. The van der Waals surface area contributed by atoms with Gasteiger partial charge in [-0.25, -0.2) is 4.79 Å². The summed E-state index contributed by atoms with van der Waals surface area (Å²) in [7, 11) is 0. The lowest BCUT2D eigenvalue weighted by atomic mass is 10.2. The van der Waals surface area contributed by atoms with E-state index < -0.39 is 0 Å². The Bertz CT molecular complexity index is 408. The highest BCUT2D eigenvalue weighted by Gasteiger charge is 2.23. The molecule has 3 nitrogen and oxygen atoms in total. The number of hydrogen-bond donors (Lipinski definition) is 0. The van der Waals surface area contributed by atoms with E-state index in [-0.39, 0.29) is 12.1 Å². The third-order valence-electron chi connectivity index (χ3n) is 3.94. The summed E-state index contributed by atoms with van der Waals surface area (Å²) in [5.41, 5.74) is 1.20. The Labute approximate surface area is 122 Å². The van der Waals surface area contributed by atoms with Crippen LogP contribution in [-0.4, -0.2) is 35.0 Å². The van der Waals surface area contributed by atoms with Crippen LogP contribution in [0, 0.1) is 0 Å². The predicted molar refractivity (Wildman–Crippen MR) is 82.6 cm³/mol. The molecule has 0 aromatic heterocycles. The molecular formula is C17H26N2O. The molecule has 0 aliphatic carbocycles. The summed E-state index contributed by atoms with van der Waals surface area (Å²) in [5.74, 6) is 0. The maximum atomic E-state index is 12.7. The zero-order valence-electron chi connectivity index (χ0n) is 12.7. The number of amides is 2. The van der Waals surface area contributed by atoms with Crippen molar-refractivity contribution in [3.63, 3.8) is 0 Å². The molecule has 110 valence electrons. The van der Waals surface area contributed by atoms with Crippen LogP contribution in [0.15, 0.2) is 30.3 Å². The molecule has 2 amide bonds. The molecule has 20 heavy (non-hydrogen) atoms. The Hall–Kier alpha value is -1.51. The van der Waals surface area contributed by atoms with Crippen LogP contribution in [0.4, 0.5) is 4.79 Å². The molecule has 0 bridgehead atoms. The fourth-order valence-corrected chi connectivity index (χ4v) is 2.69. The molecular weight excluding hydrogens is 248 g/mol. The van der Waals surface area contributed by atoms with E-state index in [0.717, 1.165) is 25.9 Å². The highest BCUT2D eigenvalue weighted by Crippen LogP contribution is 2.15. The topological polar surface area (TPSA) is 23.6 Å². The zero-order valence-corrected chi connectivity index (χ0v) is 12.7. The number of likely N-dealkylation sites (tertiary alicyclic amines) is 1. The lowest BCUT2D eigenvalue weighted by Gasteiger charge is -2.33. The minimum atomic E-state index is 0.200. The van der Waals surface area contributed by atoms with Gasteiger partial charge in [-0.2, -0.15) is 0 Å². The van der Waals surface area contributed by atoms with Gasteiger partial charge in [0.2, 0.25) is 0 Å². The number of hydrogen-bond acceptors (Lipinski definition) is 1. The molecule has 0 radical (unpaired) electrons. The van der Waals surface area contributed by atoms with E-state index in [1.54, 1.807) is 0 Å². The SMILES string of the molecule is CC(C)N(Cc1ccccc1)C(=O)N1CCCCCC1. The van der Waals surface area contributed by atoms with Crippen LogP contribution in [0.1, 0.15) is 45.1 Å². The number of rotatable bonds is 3. The molecule has 0 N–H and O–H groups in total. The van der Waals surface area contributed by atoms with E-state index in [1.807, 2.05) is 28.0 Å². The van der Waals surface area contributed by atoms with Gasteiger partial charge in [-0.1, -0.05) is 43.2 Å². The fourth-order valence-electron chi connectivity index (χ4n) is 2.69. The molecule has 0 unspecified atom stereocenters. The second kappa shape index (κ2) is 7.32. The Kier molecular flexibility index (Phi) is 5.45. The summed E-state index contributed by atoms with van der Waals surface area (Å²) < 4.78 is 0. The number of nitrogens with zero attached hydrogens (tertiary/aromatic N) is 2. The lowest BCUT2D eigenvalue weighted by molar-refractivity contribution is 0.138. The van der Waals surface area contributed by atoms with Crippen molar-refractivity contribution >= 4 is 6.03 Å². The summed E-state index contributed by atoms with van der Waals surface area (Å²) in [5, 5.41) is 0. The normalized spacial score (nSPS) is 16.1. The molecule has 2 rings (SSSR count). The predicted octanol–water partition coefficient (Wildman–Crippen LogP) is 3.89. The summed E-state index contributed by atoms with van der Waals surface area (Å²) in [6, 6.07) is 10.7. The third kappa shape index (κ3) is 3.99. The molecule has 1 saturated heterocycles. The molecule has 1 aliphatic heterocycles. The second-order valence-corrected chi connectivity index (χ2v) is 5.89. The Balaban J connectivity index is 2.05. The molecule has 1 fully saturated rings. The molecule has 0 atom stereocenters. The largest absolute Gasteiger partial charge is 0.325 e. The summed E-state index contributed by atoms with van der Waals surface area (Å²) in [6.07, 6.45) is 4.79. The maximum absolute atomic E-state index is 12.7. The third-order valence-corrected chi connectivity index (χ3v) is 3.94. The summed E-state index contributed by atoms with van der Waals surface area (Å²) >= 11 is 0. The van der Waals surface area contributed by atoms with Gasteiger partial charge in [-0.15, -0.1) is 0 Å².